The molecule has 5 rings (SSSR count). The molecule has 0 amide bonds. The average molecular weight is 435 g/mol. The molecule has 1 spiro atoms. The van der Waals surface area contributed by atoms with Gasteiger partial charge in [0, 0.05) is 24.2 Å². The number of hydrogen-bond acceptors (Lipinski definition) is 6. The van der Waals surface area contributed by atoms with Crippen LogP contribution in [0.25, 0.3) is 10.9 Å². The largest absolute Gasteiger partial charge is 0.477 e. The fraction of sp³-hybridized carbons (Fsp3) is 0.524. The Kier molecular flexibility index (Phi) is 4.17. The van der Waals surface area contributed by atoms with Crippen LogP contribution in [0.4, 0.5) is 20.2 Å². The number of carbonyl (C=O) groups is 1. The number of ether oxygens (including phenoxy) is 2. The van der Waals surface area contributed by atoms with Crippen molar-refractivity contribution in [3.63, 3.8) is 0 Å². The molecule has 1 aromatic carbocycles. The van der Waals surface area contributed by atoms with Gasteiger partial charge in [0.05, 0.1) is 36.3 Å². The van der Waals surface area contributed by atoms with E-state index in [9.17, 15) is 14.7 Å². The number of anilines is 2. The molecule has 3 heterocycles. The second kappa shape index (κ2) is 6.39. The number of rotatable bonds is 3. The van der Waals surface area contributed by atoms with E-state index >= 15 is 8.78 Å². The minimum Gasteiger partial charge on any atom is -0.477 e. The number of nitrogen functional groups attached to an aromatic ring is 1. The molecule has 3 fully saturated rings. The maximum Gasteiger partial charge on any atom is 0.341 e. The molecule has 3 aliphatic rings. The van der Waals surface area contributed by atoms with E-state index in [1.54, 1.807) is 0 Å². The predicted octanol–water partition coefficient (Wildman–Crippen LogP) is 2.48. The molecule has 1 saturated carbocycles. The summed E-state index contributed by atoms with van der Waals surface area (Å²) < 4.78 is 44.5. The molecular weight excluding hydrogens is 412 g/mol. The van der Waals surface area contributed by atoms with Gasteiger partial charge < -0.3 is 29.8 Å². The van der Waals surface area contributed by atoms with Crippen molar-refractivity contribution in [2.24, 2.45) is 5.41 Å². The highest BCUT2D eigenvalue weighted by atomic mass is 19.1. The summed E-state index contributed by atoms with van der Waals surface area (Å²) in [4.78, 5) is 25.8. The second-order valence-electron chi connectivity index (χ2n) is 9.12. The number of carboxylic acid groups (broad SMARTS) is 1. The lowest BCUT2D eigenvalue weighted by atomic mass is 9.86. The van der Waals surface area contributed by atoms with Crippen molar-refractivity contribution >= 4 is 28.2 Å². The molecule has 10 heteroatoms. The minimum atomic E-state index is -1.47. The topological polar surface area (TPSA) is 107 Å². The van der Waals surface area contributed by atoms with Gasteiger partial charge in [-0.2, -0.15) is 0 Å². The van der Waals surface area contributed by atoms with Gasteiger partial charge in [-0.3, -0.25) is 4.79 Å². The average Bonchev–Trinajstić information content (AvgIpc) is 3.36. The molecule has 1 aromatic heterocycles. The third-order valence-electron chi connectivity index (χ3n) is 6.62. The molecule has 2 aromatic rings. The monoisotopic (exact) mass is 435 g/mol. The van der Waals surface area contributed by atoms with Crippen LogP contribution in [-0.4, -0.2) is 47.7 Å². The van der Waals surface area contributed by atoms with Crippen molar-refractivity contribution in [1.29, 1.82) is 0 Å². The van der Waals surface area contributed by atoms with Crippen molar-refractivity contribution in [3.05, 3.63) is 33.6 Å². The van der Waals surface area contributed by atoms with Crippen LogP contribution in [0.2, 0.25) is 0 Å². The van der Waals surface area contributed by atoms with Crippen LogP contribution in [0.15, 0.2) is 11.0 Å². The van der Waals surface area contributed by atoms with E-state index in [0.717, 1.165) is 6.20 Å². The number of halogens is 2. The van der Waals surface area contributed by atoms with Gasteiger partial charge in [0.15, 0.2) is 17.4 Å². The molecule has 8 nitrogen and oxygen atoms in total. The Balaban J connectivity index is 1.77. The number of aromatic carboxylic acids is 1. The number of fused-ring (bicyclic) bond motifs is 1. The highest BCUT2D eigenvalue weighted by molar-refractivity contribution is 5.99. The smallest absolute Gasteiger partial charge is 0.341 e. The van der Waals surface area contributed by atoms with E-state index < -0.39 is 50.9 Å². The normalized spacial score (nSPS) is 22.0. The molecular formula is C21H23F2N3O5. The van der Waals surface area contributed by atoms with Crippen LogP contribution in [0.3, 0.4) is 0 Å². The molecule has 1 aliphatic carbocycles. The summed E-state index contributed by atoms with van der Waals surface area (Å²) in [7, 11) is 0. The van der Waals surface area contributed by atoms with Crippen LogP contribution in [0.5, 0.6) is 0 Å². The van der Waals surface area contributed by atoms with Gasteiger partial charge in [-0.25, -0.2) is 13.6 Å². The summed E-state index contributed by atoms with van der Waals surface area (Å²) in [5.74, 6) is -4.49. The predicted molar refractivity (Wildman–Crippen MR) is 108 cm³/mol. The number of nitrogens with zero attached hydrogens (tertiary/aromatic N) is 2. The lowest BCUT2D eigenvalue weighted by Crippen LogP contribution is -2.44. The number of pyridine rings is 1. The summed E-state index contributed by atoms with van der Waals surface area (Å²) in [6, 6.07) is -0.170. The van der Waals surface area contributed by atoms with Gasteiger partial charge in [-0.15, -0.1) is 0 Å². The fourth-order valence-electron chi connectivity index (χ4n) is 4.84. The van der Waals surface area contributed by atoms with E-state index in [1.165, 1.54) is 9.47 Å². The first-order valence-corrected chi connectivity index (χ1v) is 10.2. The molecule has 31 heavy (non-hydrogen) atoms. The summed E-state index contributed by atoms with van der Waals surface area (Å²) in [5.41, 5.74) is 2.79. The van der Waals surface area contributed by atoms with E-state index in [1.807, 2.05) is 13.8 Å². The van der Waals surface area contributed by atoms with Crippen LogP contribution in [0.1, 0.15) is 43.1 Å². The first-order chi connectivity index (χ1) is 14.6. The first kappa shape index (κ1) is 20.2. The third-order valence-corrected chi connectivity index (χ3v) is 6.62. The molecule has 0 radical (unpaired) electrons. The zero-order chi connectivity index (χ0) is 22.3. The molecule has 2 aliphatic heterocycles. The second-order valence-corrected chi connectivity index (χ2v) is 9.12. The summed E-state index contributed by atoms with van der Waals surface area (Å²) in [5, 5.41) is 8.97. The maximum absolute atomic E-state index is 15.9. The Morgan fingerprint density at radius 3 is 2.42 bits per heavy atom. The highest BCUT2D eigenvalue weighted by Gasteiger charge is 2.57. The zero-order valence-electron chi connectivity index (χ0n) is 17.2. The quantitative estimate of drug-likeness (QED) is 0.714. The molecule has 2 saturated heterocycles. The summed E-state index contributed by atoms with van der Waals surface area (Å²) in [6.45, 7) is 4.92. The van der Waals surface area contributed by atoms with Crippen LogP contribution >= 0.6 is 0 Å². The summed E-state index contributed by atoms with van der Waals surface area (Å²) in [6.07, 6.45) is 2.53. The molecule has 0 atom stereocenters. The van der Waals surface area contributed by atoms with Crippen LogP contribution in [-0.2, 0) is 9.47 Å². The number of carboxylic acids is 1. The van der Waals surface area contributed by atoms with Crippen molar-refractivity contribution < 1.29 is 28.2 Å². The standard InChI is InChI=1S/C21H23F2N3O5/c1-20(2)8-25(9-21(20)30-5-6-31-21)17-13(22)15(24)12-16(14(17)23)26(10-3-4-10)7-11(18(12)27)19(28)29/h7,10H,3-6,8-9,24H2,1-2H3,(H,28,29). The van der Waals surface area contributed by atoms with Crippen molar-refractivity contribution in [1.82, 2.24) is 4.57 Å². The Morgan fingerprint density at radius 1 is 1.19 bits per heavy atom. The summed E-state index contributed by atoms with van der Waals surface area (Å²) >= 11 is 0. The molecule has 166 valence electrons. The van der Waals surface area contributed by atoms with Gasteiger partial charge in [0.1, 0.15) is 11.3 Å². The molecule has 0 unspecified atom stereocenters. The van der Waals surface area contributed by atoms with Crippen molar-refractivity contribution in [3.8, 4) is 0 Å². The van der Waals surface area contributed by atoms with E-state index in [2.05, 4.69) is 0 Å². The van der Waals surface area contributed by atoms with Gasteiger partial charge in [-0.05, 0) is 12.8 Å². The van der Waals surface area contributed by atoms with Crippen LogP contribution in [0, 0.1) is 17.0 Å². The van der Waals surface area contributed by atoms with E-state index in [4.69, 9.17) is 15.2 Å². The maximum atomic E-state index is 15.9. The van der Waals surface area contributed by atoms with Crippen molar-refractivity contribution in [2.75, 3.05) is 36.9 Å². The first-order valence-electron chi connectivity index (χ1n) is 10.2. The number of nitrogens with two attached hydrogens (primary N) is 1. The van der Waals surface area contributed by atoms with Crippen molar-refractivity contribution in [2.45, 2.75) is 38.5 Å². The number of hydrogen-bond donors (Lipinski definition) is 2. The third kappa shape index (κ3) is 2.71. The lowest BCUT2D eigenvalue weighted by molar-refractivity contribution is -0.198. The Hall–Kier alpha value is -2.72. The van der Waals surface area contributed by atoms with Gasteiger partial charge in [-0.1, -0.05) is 13.8 Å². The lowest BCUT2D eigenvalue weighted by Gasteiger charge is -2.33. The number of aromatic nitrogens is 1. The van der Waals surface area contributed by atoms with Gasteiger partial charge in [0.25, 0.3) is 0 Å². The Morgan fingerprint density at radius 2 is 1.84 bits per heavy atom. The SMILES string of the molecule is CC1(C)CN(c2c(F)c(N)c3c(=O)c(C(=O)O)cn(C4CC4)c3c2F)CC12OCCO2. The number of benzene rings is 1. The van der Waals surface area contributed by atoms with E-state index in [-0.39, 0.29) is 30.3 Å². The van der Waals surface area contributed by atoms with E-state index in [0.29, 0.717) is 26.1 Å². The Labute approximate surface area is 176 Å². The van der Waals surface area contributed by atoms with Crippen LogP contribution < -0.4 is 16.1 Å². The Bertz CT molecular complexity index is 1180. The highest BCUT2D eigenvalue weighted by Crippen LogP contribution is 2.49. The van der Waals surface area contributed by atoms with Gasteiger partial charge in [0.2, 0.25) is 5.43 Å². The minimum absolute atomic E-state index is 0.0969. The fourth-order valence-corrected chi connectivity index (χ4v) is 4.84. The van der Waals surface area contributed by atoms with Gasteiger partial charge >= 0.3 is 5.97 Å². The molecule has 3 N–H and O–H groups in total. The zero-order valence-corrected chi connectivity index (χ0v) is 17.2. The molecule has 0 bridgehead atoms.